The van der Waals surface area contributed by atoms with Crippen molar-refractivity contribution in [1.29, 1.82) is 0 Å². The summed E-state index contributed by atoms with van der Waals surface area (Å²) in [4.78, 5) is 15.1. The van der Waals surface area contributed by atoms with Gasteiger partial charge in [-0.2, -0.15) is 0 Å². The molecule has 168 valence electrons. The molecule has 1 fully saturated rings. The van der Waals surface area contributed by atoms with Crippen molar-refractivity contribution in [1.82, 2.24) is 10.2 Å². The number of carbonyl (C=O) groups is 1. The second-order valence-electron chi connectivity index (χ2n) is 8.08. The van der Waals surface area contributed by atoms with Gasteiger partial charge in [0, 0.05) is 18.1 Å². The number of halogens is 1. The van der Waals surface area contributed by atoms with Gasteiger partial charge in [-0.1, -0.05) is 42.3 Å². The van der Waals surface area contributed by atoms with Crippen molar-refractivity contribution in [2.24, 2.45) is 0 Å². The summed E-state index contributed by atoms with van der Waals surface area (Å²) in [6.45, 7) is 4.92. The molecule has 1 aliphatic rings. The zero-order valence-corrected chi connectivity index (χ0v) is 19.7. The number of hydrogen-bond donors (Lipinski definition) is 1. The highest BCUT2D eigenvalue weighted by Crippen LogP contribution is 2.25. The summed E-state index contributed by atoms with van der Waals surface area (Å²) >= 11 is 5.99. The van der Waals surface area contributed by atoms with Crippen LogP contribution in [0.5, 0.6) is 0 Å². The number of hydrogen-bond acceptors (Lipinski definition) is 4. The Hall–Kier alpha value is -2.09. The highest BCUT2D eigenvalue weighted by atomic mass is 35.5. The molecular weight excluding hydrogens is 434 g/mol. The van der Waals surface area contributed by atoms with Gasteiger partial charge in [0.25, 0.3) is 0 Å². The third kappa shape index (κ3) is 6.69. The minimum absolute atomic E-state index is 0.282. The quantitative estimate of drug-likeness (QED) is 0.647. The fourth-order valence-corrected chi connectivity index (χ4v) is 5.04. The topological polar surface area (TPSA) is 69.7 Å². The number of rotatable bonds is 8. The van der Waals surface area contributed by atoms with Gasteiger partial charge < -0.3 is 5.32 Å². The van der Waals surface area contributed by atoms with Crippen molar-refractivity contribution in [3.63, 3.8) is 0 Å². The first kappa shape index (κ1) is 23.6. The second kappa shape index (κ2) is 10.5. The van der Waals surface area contributed by atoms with Crippen LogP contribution in [0, 0.1) is 6.92 Å². The zero-order chi connectivity index (χ0) is 22.4. The van der Waals surface area contributed by atoms with Crippen LogP contribution >= 0.6 is 11.6 Å². The van der Waals surface area contributed by atoms with Gasteiger partial charge in [-0.25, -0.2) is 8.42 Å². The molecule has 1 saturated heterocycles. The Labute approximate surface area is 190 Å². The molecule has 3 rings (SSSR count). The lowest BCUT2D eigenvalue weighted by atomic mass is 10.0. The lowest BCUT2D eigenvalue weighted by Crippen LogP contribution is -2.40. The summed E-state index contributed by atoms with van der Waals surface area (Å²) in [6, 6.07) is 13.0. The number of nitrogens with one attached hydrogen (secondary N) is 1. The van der Waals surface area contributed by atoms with Crippen molar-refractivity contribution in [3.8, 4) is 0 Å². The number of aryl methyl sites for hydroxylation is 1. The van der Waals surface area contributed by atoms with Crippen molar-refractivity contribution >= 4 is 33.2 Å². The molecular formula is C23H30ClN3O3S. The smallest absolute Gasteiger partial charge is 0.241 e. The van der Waals surface area contributed by atoms with E-state index >= 15 is 0 Å². The maximum absolute atomic E-state index is 12.7. The van der Waals surface area contributed by atoms with Gasteiger partial charge in [-0.3, -0.25) is 14.0 Å². The van der Waals surface area contributed by atoms with E-state index in [1.807, 2.05) is 18.2 Å². The monoisotopic (exact) mass is 463 g/mol. The van der Waals surface area contributed by atoms with Gasteiger partial charge in [0.1, 0.15) is 6.54 Å². The predicted molar refractivity (Wildman–Crippen MR) is 126 cm³/mol. The van der Waals surface area contributed by atoms with Gasteiger partial charge in [0.15, 0.2) is 0 Å². The van der Waals surface area contributed by atoms with E-state index in [2.05, 4.69) is 16.3 Å². The Morgan fingerprint density at radius 3 is 2.42 bits per heavy atom. The van der Waals surface area contributed by atoms with E-state index in [4.69, 9.17) is 11.6 Å². The number of carbonyl (C=O) groups excluding carboxylic acids is 1. The Kier molecular flexibility index (Phi) is 7.97. The standard InChI is InChI=1S/C23H30ClN3O3S/c1-18-14-21(24)10-11-22(18)27(31(2,29)30)17-23(28)25-15-19-8-4-5-9-20(19)16-26-12-6-3-7-13-26/h4-5,8-11,14H,3,6-7,12-13,15-17H2,1-2H3,(H,25,28). The van der Waals surface area contributed by atoms with Gasteiger partial charge in [-0.15, -0.1) is 0 Å². The molecule has 1 heterocycles. The molecule has 2 aromatic carbocycles. The zero-order valence-electron chi connectivity index (χ0n) is 18.1. The van der Waals surface area contributed by atoms with Crippen LogP contribution in [-0.4, -0.2) is 45.1 Å². The SMILES string of the molecule is Cc1cc(Cl)ccc1N(CC(=O)NCc1ccccc1CN1CCCCC1)S(C)(=O)=O. The van der Waals surface area contributed by atoms with Crippen molar-refractivity contribution < 1.29 is 13.2 Å². The molecule has 6 nitrogen and oxygen atoms in total. The second-order valence-corrected chi connectivity index (χ2v) is 10.4. The van der Waals surface area contributed by atoms with Crippen molar-refractivity contribution in [3.05, 3.63) is 64.2 Å². The van der Waals surface area contributed by atoms with Crippen LogP contribution in [0.1, 0.15) is 36.0 Å². The number of piperidine rings is 1. The number of likely N-dealkylation sites (tertiary alicyclic amines) is 1. The molecule has 0 aromatic heterocycles. The lowest BCUT2D eigenvalue weighted by Gasteiger charge is -2.27. The van der Waals surface area contributed by atoms with Crippen LogP contribution in [0.2, 0.25) is 5.02 Å². The maximum atomic E-state index is 12.7. The summed E-state index contributed by atoms with van der Waals surface area (Å²) in [5.74, 6) is -0.354. The summed E-state index contributed by atoms with van der Waals surface area (Å²) < 4.78 is 25.8. The number of anilines is 1. The highest BCUT2D eigenvalue weighted by molar-refractivity contribution is 7.92. The van der Waals surface area contributed by atoms with E-state index < -0.39 is 10.0 Å². The Morgan fingerprint density at radius 2 is 1.77 bits per heavy atom. The normalized spacial score (nSPS) is 14.9. The average molecular weight is 464 g/mol. The molecule has 0 atom stereocenters. The molecule has 1 N–H and O–H groups in total. The number of sulfonamides is 1. The summed E-state index contributed by atoms with van der Waals surface area (Å²) in [6.07, 6.45) is 4.84. The first-order valence-electron chi connectivity index (χ1n) is 10.5. The molecule has 0 radical (unpaired) electrons. The van der Waals surface area contributed by atoms with Gasteiger partial charge in [0.2, 0.25) is 15.9 Å². The third-order valence-electron chi connectivity index (χ3n) is 5.55. The first-order valence-corrected chi connectivity index (χ1v) is 12.8. The first-order chi connectivity index (χ1) is 14.7. The Balaban J connectivity index is 1.67. The van der Waals surface area contributed by atoms with Crippen molar-refractivity contribution in [2.75, 3.05) is 30.2 Å². The van der Waals surface area contributed by atoms with E-state index in [9.17, 15) is 13.2 Å². The summed E-state index contributed by atoms with van der Waals surface area (Å²) in [5, 5.41) is 3.41. The molecule has 8 heteroatoms. The van der Waals surface area contributed by atoms with Crippen LogP contribution in [0.25, 0.3) is 0 Å². The van der Waals surface area contributed by atoms with E-state index in [1.165, 1.54) is 24.8 Å². The third-order valence-corrected chi connectivity index (χ3v) is 6.91. The molecule has 0 bridgehead atoms. The fourth-order valence-electron chi connectivity index (χ4n) is 3.90. The average Bonchev–Trinajstić information content (AvgIpc) is 2.72. The van der Waals surface area contributed by atoms with Gasteiger partial charge >= 0.3 is 0 Å². The predicted octanol–water partition coefficient (Wildman–Crippen LogP) is 3.72. The van der Waals surface area contributed by atoms with Crippen molar-refractivity contribution in [2.45, 2.75) is 39.3 Å². The fraction of sp³-hybridized carbons (Fsp3) is 0.435. The van der Waals surface area contributed by atoms with Gasteiger partial charge in [-0.05, 0) is 67.7 Å². The van der Waals surface area contributed by atoms with Gasteiger partial charge in [0.05, 0.1) is 11.9 Å². The Bertz CT molecular complexity index is 1020. The largest absolute Gasteiger partial charge is 0.350 e. The minimum atomic E-state index is -3.64. The molecule has 0 spiro atoms. The van der Waals surface area contributed by atoms with E-state index in [0.717, 1.165) is 35.8 Å². The molecule has 0 aliphatic carbocycles. The summed E-state index contributed by atoms with van der Waals surface area (Å²) in [7, 11) is -3.64. The van der Waals surface area contributed by atoms with Crippen LogP contribution in [0.4, 0.5) is 5.69 Å². The number of benzene rings is 2. The molecule has 0 saturated carbocycles. The molecule has 0 unspecified atom stereocenters. The van der Waals surface area contributed by atoms with E-state index in [1.54, 1.807) is 25.1 Å². The maximum Gasteiger partial charge on any atom is 0.241 e. The highest BCUT2D eigenvalue weighted by Gasteiger charge is 2.22. The summed E-state index contributed by atoms with van der Waals surface area (Å²) in [5.41, 5.74) is 3.39. The Morgan fingerprint density at radius 1 is 1.10 bits per heavy atom. The van der Waals surface area contributed by atoms with E-state index in [-0.39, 0.29) is 12.5 Å². The van der Waals surface area contributed by atoms with Crippen LogP contribution in [0.15, 0.2) is 42.5 Å². The number of amides is 1. The molecule has 31 heavy (non-hydrogen) atoms. The van der Waals surface area contributed by atoms with E-state index in [0.29, 0.717) is 22.8 Å². The minimum Gasteiger partial charge on any atom is -0.350 e. The van der Waals surface area contributed by atoms with Crippen LogP contribution in [0.3, 0.4) is 0 Å². The molecule has 1 amide bonds. The molecule has 1 aliphatic heterocycles. The van der Waals surface area contributed by atoms with Crippen LogP contribution in [-0.2, 0) is 27.9 Å². The van der Waals surface area contributed by atoms with Crippen LogP contribution < -0.4 is 9.62 Å². The molecule has 2 aromatic rings. The lowest BCUT2D eigenvalue weighted by molar-refractivity contribution is -0.119. The number of nitrogens with zero attached hydrogens (tertiary/aromatic N) is 2.